The van der Waals surface area contributed by atoms with E-state index < -0.39 is 14.8 Å². The highest BCUT2D eigenvalue weighted by molar-refractivity contribution is 7.94. The highest BCUT2D eigenvalue weighted by atomic mass is 32.2. The van der Waals surface area contributed by atoms with E-state index >= 15 is 0 Å². The van der Waals surface area contributed by atoms with Crippen LogP contribution in [0.25, 0.3) is 0 Å². The number of sulfonamides is 1. The summed E-state index contributed by atoms with van der Waals surface area (Å²) in [5.41, 5.74) is 0.454. The van der Waals surface area contributed by atoms with Gasteiger partial charge in [-0.1, -0.05) is 0 Å². The van der Waals surface area contributed by atoms with Crippen LogP contribution < -0.4 is 4.72 Å². The van der Waals surface area contributed by atoms with Crippen LogP contribution in [-0.2, 0) is 10.0 Å². The minimum Gasteiger partial charge on any atom is -0.284 e. The Morgan fingerprint density at radius 3 is 2.46 bits per heavy atom. The maximum Gasteiger partial charge on any atom is 0.237 e. The first-order valence-electron chi connectivity index (χ1n) is 3.84. The lowest BCUT2D eigenvalue weighted by molar-refractivity contribution is 0.566. The first-order chi connectivity index (χ1) is 5.83. The van der Waals surface area contributed by atoms with Gasteiger partial charge >= 0.3 is 0 Å². The minimum absolute atomic E-state index is 0.454. The van der Waals surface area contributed by atoms with Gasteiger partial charge in [0.1, 0.15) is 0 Å². The number of nitrogens with one attached hydrogen (secondary N) is 2. The van der Waals surface area contributed by atoms with Crippen LogP contribution in [0.5, 0.6) is 0 Å². The molecule has 13 heavy (non-hydrogen) atoms. The van der Waals surface area contributed by atoms with E-state index in [1.807, 2.05) is 0 Å². The molecule has 0 atom stereocenters. The first kappa shape index (κ1) is 10.0. The van der Waals surface area contributed by atoms with Gasteiger partial charge in [0.05, 0.1) is 16.6 Å². The van der Waals surface area contributed by atoms with Crippen molar-refractivity contribution in [2.24, 2.45) is 0 Å². The highest BCUT2D eigenvalue weighted by Crippen LogP contribution is 2.17. The number of rotatable bonds is 2. The number of hydrogen-bond acceptors (Lipinski definition) is 3. The molecule has 74 valence electrons. The molecule has 1 heterocycles. The van der Waals surface area contributed by atoms with Gasteiger partial charge in [-0.05, 0) is 20.8 Å². The van der Waals surface area contributed by atoms with Gasteiger partial charge in [0.25, 0.3) is 0 Å². The number of hydrogen-bond donors (Lipinski definition) is 2. The average molecular weight is 203 g/mol. The smallest absolute Gasteiger partial charge is 0.237 e. The van der Waals surface area contributed by atoms with E-state index in [1.54, 1.807) is 20.8 Å². The lowest BCUT2D eigenvalue weighted by atomic mass is 10.3. The summed E-state index contributed by atoms with van der Waals surface area (Å²) in [5.74, 6) is 0. The monoisotopic (exact) mass is 203 g/mol. The van der Waals surface area contributed by atoms with Gasteiger partial charge in [-0.25, -0.2) is 8.42 Å². The minimum atomic E-state index is -3.33. The summed E-state index contributed by atoms with van der Waals surface area (Å²) in [7, 11) is -3.33. The fourth-order valence-electron chi connectivity index (χ4n) is 0.615. The summed E-state index contributed by atoms with van der Waals surface area (Å²) in [6.45, 7) is 4.90. The first-order valence-corrected chi connectivity index (χ1v) is 5.32. The predicted molar refractivity (Wildman–Crippen MR) is 50.9 cm³/mol. The second-order valence-corrected chi connectivity index (χ2v) is 6.14. The molecule has 0 unspecified atom stereocenters. The van der Waals surface area contributed by atoms with Gasteiger partial charge in [-0.3, -0.25) is 9.82 Å². The molecule has 6 heteroatoms. The fourth-order valence-corrected chi connectivity index (χ4v) is 1.34. The van der Waals surface area contributed by atoms with Crippen molar-refractivity contribution in [1.29, 1.82) is 0 Å². The van der Waals surface area contributed by atoms with Crippen LogP contribution in [0.3, 0.4) is 0 Å². The van der Waals surface area contributed by atoms with E-state index in [4.69, 9.17) is 0 Å². The van der Waals surface area contributed by atoms with Crippen molar-refractivity contribution >= 4 is 15.7 Å². The summed E-state index contributed by atoms with van der Waals surface area (Å²) in [5, 5.41) is 6.16. The fraction of sp³-hybridized carbons (Fsp3) is 0.571. The molecule has 2 N–H and O–H groups in total. The third kappa shape index (κ3) is 2.21. The van der Waals surface area contributed by atoms with Crippen LogP contribution >= 0.6 is 0 Å². The second-order valence-electron chi connectivity index (χ2n) is 3.70. The summed E-state index contributed by atoms with van der Waals surface area (Å²) in [6, 6.07) is 0. The van der Waals surface area contributed by atoms with E-state index in [2.05, 4.69) is 14.9 Å². The molecule has 0 spiro atoms. The zero-order chi connectivity index (χ0) is 10.1. The Kier molecular flexibility index (Phi) is 2.34. The summed E-state index contributed by atoms with van der Waals surface area (Å²) < 4.78 is 24.7. The molecule has 0 saturated carbocycles. The number of H-pyrrole nitrogens is 1. The maximum atomic E-state index is 11.6. The van der Waals surface area contributed by atoms with Gasteiger partial charge in [0.15, 0.2) is 0 Å². The molecule has 0 fully saturated rings. The molecule has 0 amide bonds. The van der Waals surface area contributed by atoms with Gasteiger partial charge < -0.3 is 0 Å². The van der Waals surface area contributed by atoms with Crippen molar-refractivity contribution in [3.8, 4) is 0 Å². The zero-order valence-corrected chi connectivity index (χ0v) is 8.64. The van der Waals surface area contributed by atoms with E-state index in [1.165, 1.54) is 12.4 Å². The molecule has 0 bridgehead atoms. The zero-order valence-electron chi connectivity index (χ0n) is 7.83. The number of anilines is 1. The molecule has 1 aromatic heterocycles. The second kappa shape index (κ2) is 3.02. The molecule has 0 aliphatic carbocycles. The van der Waals surface area contributed by atoms with Crippen LogP contribution in [0, 0.1) is 0 Å². The summed E-state index contributed by atoms with van der Waals surface area (Å²) in [6.07, 6.45) is 2.91. The van der Waals surface area contributed by atoms with Crippen molar-refractivity contribution in [3.05, 3.63) is 12.4 Å². The third-order valence-electron chi connectivity index (χ3n) is 1.56. The number of aromatic amines is 1. The normalized spacial score (nSPS) is 12.8. The Bertz CT molecular complexity index is 361. The molecule has 5 nitrogen and oxygen atoms in total. The SMILES string of the molecule is CC(C)(C)S(=O)(=O)Nc1cn[nH]c1. The van der Waals surface area contributed by atoms with Crippen molar-refractivity contribution in [2.75, 3.05) is 4.72 Å². The van der Waals surface area contributed by atoms with Crippen molar-refractivity contribution in [1.82, 2.24) is 10.2 Å². The van der Waals surface area contributed by atoms with Gasteiger partial charge in [0.2, 0.25) is 10.0 Å². The Morgan fingerprint density at radius 1 is 1.46 bits per heavy atom. The van der Waals surface area contributed by atoms with Crippen molar-refractivity contribution in [3.63, 3.8) is 0 Å². The summed E-state index contributed by atoms with van der Waals surface area (Å²) >= 11 is 0. The Hall–Kier alpha value is -1.04. The molecule has 1 aromatic rings. The van der Waals surface area contributed by atoms with E-state index in [9.17, 15) is 8.42 Å². The average Bonchev–Trinajstić information content (AvgIpc) is 2.35. The Labute approximate surface area is 77.6 Å². The van der Waals surface area contributed by atoms with Gasteiger partial charge in [-0.2, -0.15) is 5.10 Å². The van der Waals surface area contributed by atoms with Crippen LogP contribution in [0.2, 0.25) is 0 Å². The van der Waals surface area contributed by atoms with Gasteiger partial charge in [0, 0.05) is 6.20 Å². The molecule has 0 saturated heterocycles. The molecular formula is C7H13N3O2S. The van der Waals surface area contributed by atoms with E-state index in [-0.39, 0.29) is 0 Å². The molecular weight excluding hydrogens is 190 g/mol. The highest BCUT2D eigenvalue weighted by Gasteiger charge is 2.28. The molecule has 0 radical (unpaired) electrons. The van der Waals surface area contributed by atoms with E-state index in [0.717, 1.165) is 0 Å². The Balaban J connectivity index is 2.87. The molecule has 0 aliphatic rings. The van der Waals surface area contributed by atoms with E-state index in [0.29, 0.717) is 5.69 Å². The quantitative estimate of drug-likeness (QED) is 0.751. The summed E-state index contributed by atoms with van der Waals surface area (Å²) in [4.78, 5) is 0. The number of aromatic nitrogens is 2. The molecule has 0 aromatic carbocycles. The molecule has 0 aliphatic heterocycles. The third-order valence-corrected chi connectivity index (χ3v) is 3.67. The van der Waals surface area contributed by atoms with Crippen molar-refractivity contribution in [2.45, 2.75) is 25.5 Å². The van der Waals surface area contributed by atoms with Crippen LogP contribution in [0.4, 0.5) is 5.69 Å². The van der Waals surface area contributed by atoms with Gasteiger partial charge in [-0.15, -0.1) is 0 Å². The predicted octanol–water partition coefficient (Wildman–Crippen LogP) is 0.950. The van der Waals surface area contributed by atoms with Crippen molar-refractivity contribution < 1.29 is 8.42 Å². The maximum absolute atomic E-state index is 11.6. The van der Waals surface area contributed by atoms with Crippen LogP contribution in [0.1, 0.15) is 20.8 Å². The standard InChI is InChI=1S/C7H13N3O2S/c1-7(2,3)13(11,12)10-6-4-8-9-5-6/h4-5,10H,1-3H3,(H,8,9). The largest absolute Gasteiger partial charge is 0.284 e. The van der Waals surface area contributed by atoms with Crippen LogP contribution in [0.15, 0.2) is 12.4 Å². The lowest BCUT2D eigenvalue weighted by Gasteiger charge is -2.19. The van der Waals surface area contributed by atoms with Crippen LogP contribution in [-0.4, -0.2) is 23.4 Å². The Morgan fingerprint density at radius 2 is 2.08 bits per heavy atom. The number of nitrogens with zero attached hydrogens (tertiary/aromatic N) is 1. The topological polar surface area (TPSA) is 74.8 Å². The molecule has 1 rings (SSSR count). The lowest BCUT2D eigenvalue weighted by Crippen LogP contribution is -2.33.